The lowest BCUT2D eigenvalue weighted by Crippen LogP contribution is -2.39. The van der Waals surface area contributed by atoms with E-state index < -0.39 is 6.17 Å². The highest BCUT2D eigenvalue weighted by Gasteiger charge is 2.25. The SMILES string of the molecule is Cc1cccc(-c2nc(CN[C@H]3CCCC[C@@H]3F)[nH]c2-c2ccn3ncnc3c2)n1. The van der Waals surface area contributed by atoms with Crippen LogP contribution in [0.4, 0.5) is 4.39 Å². The van der Waals surface area contributed by atoms with E-state index in [-0.39, 0.29) is 6.04 Å². The second-order valence-corrected chi connectivity index (χ2v) is 7.84. The van der Waals surface area contributed by atoms with E-state index in [0.29, 0.717) is 13.0 Å². The Morgan fingerprint density at radius 3 is 2.97 bits per heavy atom. The number of aromatic nitrogens is 6. The monoisotopic (exact) mass is 405 g/mol. The van der Waals surface area contributed by atoms with Crippen LogP contribution >= 0.6 is 0 Å². The first kappa shape index (κ1) is 18.9. The van der Waals surface area contributed by atoms with Crippen LogP contribution in [0.1, 0.15) is 37.2 Å². The van der Waals surface area contributed by atoms with Crippen LogP contribution in [0.15, 0.2) is 42.9 Å². The Morgan fingerprint density at radius 1 is 1.20 bits per heavy atom. The number of hydrogen-bond acceptors (Lipinski definition) is 5. The number of nitrogens with one attached hydrogen (secondary N) is 2. The van der Waals surface area contributed by atoms with E-state index in [4.69, 9.17) is 4.98 Å². The van der Waals surface area contributed by atoms with Crippen molar-refractivity contribution < 1.29 is 4.39 Å². The lowest BCUT2D eigenvalue weighted by atomic mass is 9.94. The average Bonchev–Trinajstić information content (AvgIpc) is 3.39. The largest absolute Gasteiger partial charge is 0.340 e. The standard InChI is InChI=1S/C22H24FN7/c1-14-5-4-8-18(27-14)22-21(15-9-10-30-20(11-15)25-13-26-30)28-19(29-22)12-24-17-7-3-2-6-16(17)23/h4-5,8-11,13,16-17,24H,2-3,6-7,12H2,1H3,(H,28,29)/t16-,17-/m0/s1. The maximum atomic E-state index is 14.2. The fourth-order valence-electron chi connectivity index (χ4n) is 4.09. The summed E-state index contributed by atoms with van der Waals surface area (Å²) in [5, 5.41) is 7.51. The zero-order valence-electron chi connectivity index (χ0n) is 16.8. The molecule has 0 aliphatic heterocycles. The predicted octanol–water partition coefficient (Wildman–Crippen LogP) is 3.86. The van der Waals surface area contributed by atoms with Gasteiger partial charge in [-0.2, -0.15) is 5.10 Å². The number of pyridine rings is 2. The molecule has 4 aromatic heterocycles. The minimum Gasteiger partial charge on any atom is -0.340 e. The molecule has 1 aliphatic carbocycles. The lowest BCUT2D eigenvalue weighted by Gasteiger charge is -2.26. The second kappa shape index (κ2) is 7.95. The van der Waals surface area contributed by atoms with Crippen molar-refractivity contribution in [3.05, 3.63) is 54.4 Å². The fraction of sp³-hybridized carbons (Fsp3) is 0.364. The Balaban J connectivity index is 1.50. The van der Waals surface area contributed by atoms with Crippen molar-refractivity contribution >= 4 is 5.65 Å². The number of fused-ring (bicyclic) bond motifs is 1. The minimum atomic E-state index is -0.790. The van der Waals surface area contributed by atoms with E-state index in [0.717, 1.165) is 59.1 Å². The molecular formula is C22H24FN7. The van der Waals surface area contributed by atoms with E-state index in [1.165, 1.54) is 6.33 Å². The summed E-state index contributed by atoms with van der Waals surface area (Å²) in [6, 6.07) is 9.73. The van der Waals surface area contributed by atoms with E-state index in [9.17, 15) is 4.39 Å². The van der Waals surface area contributed by atoms with Crippen molar-refractivity contribution in [3.8, 4) is 22.6 Å². The minimum absolute atomic E-state index is 0.111. The molecule has 0 radical (unpaired) electrons. The summed E-state index contributed by atoms with van der Waals surface area (Å²) < 4.78 is 15.9. The van der Waals surface area contributed by atoms with Gasteiger partial charge in [-0.15, -0.1) is 0 Å². The number of nitrogens with zero attached hydrogens (tertiary/aromatic N) is 5. The Hall–Kier alpha value is -3.13. The average molecular weight is 405 g/mol. The van der Waals surface area contributed by atoms with Crippen LogP contribution in [0.5, 0.6) is 0 Å². The van der Waals surface area contributed by atoms with Crippen LogP contribution in [-0.4, -0.2) is 41.8 Å². The molecule has 0 unspecified atom stereocenters. The number of H-pyrrole nitrogens is 1. The number of rotatable bonds is 5. The molecule has 154 valence electrons. The van der Waals surface area contributed by atoms with E-state index in [2.05, 4.69) is 25.4 Å². The molecule has 1 fully saturated rings. The number of aryl methyl sites for hydroxylation is 1. The predicted molar refractivity (Wildman–Crippen MR) is 113 cm³/mol. The molecule has 8 heteroatoms. The molecule has 30 heavy (non-hydrogen) atoms. The van der Waals surface area contributed by atoms with Crippen molar-refractivity contribution in [2.75, 3.05) is 0 Å². The highest BCUT2D eigenvalue weighted by Crippen LogP contribution is 2.30. The Labute approximate surface area is 173 Å². The third kappa shape index (κ3) is 3.70. The number of halogens is 1. The molecule has 0 aromatic carbocycles. The third-order valence-corrected chi connectivity index (χ3v) is 5.67. The fourth-order valence-corrected chi connectivity index (χ4v) is 4.09. The van der Waals surface area contributed by atoms with Gasteiger partial charge in [0, 0.05) is 23.5 Å². The van der Waals surface area contributed by atoms with E-state index in [1.807, 2.05) is 43.5 Å². The zero-order chi connectivity index (χ0) is 20.5. The highest BCUT2D eigenvalue weighted by molar-refractivity contribution is 5.78. The van der Waals surface area contributed by atoms with Gasteiger partial charge in [-0.3, -0.25) is 4.98 Å². The molecule has 1 aliphatic rings. The van der Waals surface area contributed by atoms with Crippen molar-refractivity contribution in [1.82, 2.24) is 34.9 Å². The molecular weight excluding hydrogens is 381 g/mol. The number of imidazole rings is 1. The third-order valence-electron chi connectivity index (χ3n) is 5.67. The zero-order valence-corrected chi connectivity index (χ0v) is 16.8. The highest BCUT2D eigenvalue weighted by atomic mass is 19.1. The first-order valence-electron chi connectivity index (χ1n) is 10.4. The Morgan fingerprint density at radius 2 is 2.10 bits per heavy atom. The molecule has 5 rings (SSSR count). The summed E-state index contributed by atoms with van der Waals surface area (Å²) in [6.07, 6.45) is 6.16. The van der Waals surface area contributed by atoms with Gasteiger partial charge in [0.05, 0.1) is 17.9 Å². The van der Waals surface area contributed by atoms with Gasteiger partial charge in [-0.1, -0.05) is 18.9 Å². The summed E-state index contributed by atoms with van der Waals surface area (Å²) >= 11 is 0. The van der Waals surface area contributed by atoms with E-state index >= 15 is 0 Å². The summed E-state index contributed by atoms with van der Waals surface area (Å²) in [7, 11) is 0. The van der Waals surface area contributed by atoms with E-state index in [1.54, 1.807) is 4.52 Å². The summed E-state index contributed by atoms with van der Waals surface area (Å²) in [5.41, 5.74) is 5.09. The number of hydrogen-bond donors (Lipinski definition) is 2. The number of alkyl halides is 1. The van der Waals surface area contributed by atoms with Gasteiger partial charge in [0.2, 0.25) is 0 Å². The quantitative estimate of drug-likeness (QED) is 0.527. The molecule has 2 N–H and O–H groups in total. The molecule has 4 aromatic rings. The molecule has 0 bridgehead atoms. The van der Waals surface area contributed by atoms with Gasteiger partial charge < -0.3 is 10.3 Å². The summed E-state index contributed by atoms with van der Waals surface area (Å²) in [4.78, 5) is 17.2. The topological polar surface area (TPSA) is 83.8 Å². The molecule has 0 spiro atoms. The van der Waals surface area contributed by atoms with Crippen molar-refractivity contribution in [3.63, 3.8) is 0 Å². The molecule has 7 nitrogen and oxygen atoms in total. The van der Waals surface area contributed by atoms with Crippen molar-refractivity contribution in [2.45, 2.75) is 51.4 Å². The lowest BCUT2D eigenvalue weighted by molar-refractivity contribution is 0.187. The van der Waals surface area contributed by atoms with Crippen LogP contribution in [0.3, 0.4) is 0 Å². The maximum absolute atomic E-state index is 14.2. The summed E-state index contributed by atoms with van der Waals surface area (Å²) in [5.74, 6) is 0.766. The van der Waals surface area contributed by atoms with Gasteiger partial charge in [0.15, 0.2) is 5.65 Å². The number of aromatic amines is 1. The Bertz CT molecular complexity index is 1170. The molecule has 0 amide bonds. The van der Waals surface area contributed by atoms with Gasteiger partial charge >= 0.3 is 0 Å². The normalized spacial score (nSPS) is 19.4. The molecule has 4 heterocycles. The molecule has 0 saturated heterocycles. The molecule has 1 saturated carbocycles. The summed E-state index contributed by atoms with van der Waals surface area (Å²) in [6.45, 7) is 2.45. The maximum Gasteiger partial charge on any atom is 0.155 e. The van der Waals surface area contributed by atoms with Gasteiger partial charge in [0.25, 0.3) is 0 Å². The Kier molecular flexibility index (Phi) is 5.00. The second-order valence-electron chi connectivity index (χ2n) is 7.84. The van der Waals surface area contributed by atoms with Gasteiger partial charge in [0.1, 0.15) is 24.0 Å². The van der Waals surface area contributed by atoms with Crippen molar-refractivity contribution in [2.24, 2.45) is 0 Å². The van der Waals surface area contributed by atoms with Crippen LogP contribution in [-0.2, 0) is 6.54 Å². The first-order chi connectivity index (χ1) is 14.7. The smallest absolute Gasteiger partial charge is 0.155 e. The van der Waals surface area contributed by atoms with Gasteiger partial charge in [-0.05, 0) is 44.0 Å². The molecule has 2 atom stereocenters. The van der Waals surface area contributed by atoms with Crippen LogP contribution in [0, 0.1) is 6.92 Å². The first-order valence-corrected chi connectivity index (χ1v) is 10.4. The van der Waals surface area contributed by atoms with Crippen molar-refractivity contribution in [1.29, 1.82) is 0 Å². The van der Waals surface area contributed by atoms with Crippen LogP contribution in [0.2, 0.25) is 0 Å². The van der Waals surface area contributed by atoms with Crippen LogP contribution in [0.25, 0.3) is 28.3 Å². The van der Waals surface area contributed by atoms with Gasteiger partial charge in [-0.25, -0.2) is 18.9 Å². The van der Waals surface area contributed by atoms with Crippen LogP contribution < -0.4 is 5.32 Å².